The van der Waals surface area contributed by atoms with Gasteiger partial charge >= 0.3 is 0 Å². The van der Waals surface area contributed by atoms with E-state index in [0.717, 1.165) is 6.42 Å². The molecule has 0 heterocycles. The van der Waals surface area contributed by atoms with Gasteiger partial charge in [-0.3, -0.25) is 0 Å². The van der Waals surface area contributed by atoms with Gasteiger partial charge in [0.25, 0.3) is 0 Å². The lowest BCUT2D eigenvalue weighted by Crippen LogP contribution is -1.86. The van der Waals surface area contributed by atoms with E-state index in [1.807, 2.05) is 13.8 Å². The third-order valence-electron chi connectivity index (χ3n) is 2.05. The summed E-state index contributed by atoms with van der Waals surface area (Å²) in [6.07, 6.45) is 12.3. The Kier molecular flexibility index (Phi) is 14.7. The molecule has 0 aromatic carbocycles. The first-order valence-corrected chi connectivity index (χ1v) is 6.27. The van der Waals surface area contributed by atoms with Crippen LogP contribution in [0.1, 0.15) is 60.8 Å². The van der Waals surface area contributed by atoms with Gasteiger partial charge in [-0.05, 0) is 37.8 Å². The lowest BCUT2D eigenvalue weighted by atomic mass is 10.0. The molecule has 0 aliphatic rings. The first kappa shape index (κ1) is 16.6. The zero-order chi connectivity index (χ0) is 12.1. The molecule has 0 N–H and O–H groups in total. The van der Waals surface area contributed by atoms with Crippen LogP contribution in [0.5, 0.6) is 0 Å². The van der Waals surface area contributed by atoms with E-state index in [9.17, 15) is 0 Å². The molecule has 15 heavy (non-hydrogen) atoms. The number of hydrogen-bond acceptors (Lipinski definition) is 0. The second kappa shape index (κ2) is 13.2. The molecule has 88 valence electrons. The number of rotatable bonds is 5. The van der Waals surface area contributed by atoms with Crippen LogP contribution in [0.15, 0.2) is 35.5 Å². The highest BCUT2D eigenvalue weighted by Gasteiger charge is 1.97. The molecule has 0 amide bonds. The summed E-state index contributed by atoms with van der Waals surface area (Å²) < 4.78 is 0. The zero-order valence-corrected chi connectivity index (χ0v) is 11.4. The minimum atomic E-state index is 1.13. The van der Waals surface area contributed by atoms with Gasteiger partial charge in [0.2, 0.25) is 0 Å². The summed E-state index contributed by atoms with van der Waals surface area (Å²) in [6, 6.07) is 0. The molecule has 0 aliphatic heterocycles. The van der Waals surface area contributed by atoms with Gasteiger partial charge < -0.3 is 0 Å². The van der Waals surface area contributed by atoms with Crippen molar-refractivity contribution in [3.8, 4) is 0 Å². The van der Waals surface area contributed by atoms with Crippen LogP contribution >= 0.6 is 0 Å². The molecule has 0 bridgehead atoms. The maximum Gasteiger partial charge on any atom is -0.0279 e. The van der Waals surface area contributed by atoms with Gasteiger partial charge in [-0.15, -0.1) is 0 Å². The van der Waals surface area contributed by atoms with Gasteiger partial charge in [0.1, 0.15) is 0 Å². The summed E-state index contributed by atoms with van der Waals surface area (Å²) in [6.45, 7) is 12.6. The van der Waals surface area contributed by atoms with Crippen LogP contribution in [-0.4, -0.2) is 0 Å². The zero-order valence-electron chi connectivity index (χ0n) is 11.4. The molecule has 0 aromatic rings. The third kappa shape index (κ3) is 8.23. The highest BCUT2D eigenvalue weighted by Crippen LogP contribution is 2.17. The second-order valence-corrected chi connectivity index (χ2v) is 3.15. The summed E-state index contributed by atoms with van der Waals surface area (Å²) in [7, 11) is 0. The van der Waals surface area contributed by atoms with Crippen molar-refractivity contribution in [1.29, 1.82) is 0 Å². The molecule has 0 atom stereocenters. The SMILES string of the molecule is CC.C\C=C/C(CC)=C(\C=C/C)CCC. The molecule has 0 spiro atoms. The Morgan fingerprint density at radius 2 is 1.33 bits per heavy atom. The van der Waals surface area contributed by atoms with E-state index in [1.54, 1.807) is 0 Å². The van der Waals surface area contributed by atoms with E-state index in [-0.39, 0.29) is 0 Å². The van der Waals surface area contributed by atoms with Gasteiger partial charge in [0.15, 0.2) is 0 Å². The molecule has 0 saturated carbocycles. The standard InChI is InChI=1S/C13H22.C2H6/c1-5-9-12(8-4)13(10-6-2)11-7-3;1-2/h5-6,9-10H,7-8,11H2,1-4H3;1-2H3/b9-5-,10-6-,13-12+;. The minimum absolute atomic E-state index is 1.13. The maximum absolute atomic E-state index is 2.24. The fourth-order valence-electron chi connectivity index (χ4n) is 1.47. The van der Waals surface area contributed by atoms with Crippen LogP contribution in [0.2, 0.25) is 0 Å². The Morgan fingerprint density at radius 1 is 0.867 bits per heavy atom. The maximum atomic E-state index is 2.24. The molecule has 0 saturated heterocycles. The van der Waals surface area contributed by atoms with Crippen molar-refractivity contribution < 1.29 is 0 Å². The topological polar surface area (TPSA) is 0 Å². The average Bonchev–Trinajstić information content (AvgIpc) is 2.28. The molecule has 0 fully saturated rings. The first-order valence-electron chi connectivity index (χ1n) is 6.27. The van der Waals surface area contributed by atoms with E-state index in [2.05, 4.69) is 52.0 Å². The van der Waals surface area contributed by atoms with E-state index < -0.39 is 0 Å². The van der Waals surface area contributed by atoms with Crippen molar-refractivity contribution in [2.75, 3.05) is 0 Å². The van der Waals surface area contributed by atoms with Crippen LogP contribution in [0.3, 0.4) is 0 Å². The fourth-order valence-corrected chi connectivity index (χ4v) is 1.47. The smallest absolute Gasteiger partial charge is 0.0279 e. The van der Waals surface area contributed by atoms with Gasteiger partial charge in [-0.25, -0.2) is 0 Å². The van der Waals surface area contributed by atoms with Gasteiger partial charge in [-0.1, -0.05) is 58.4 Å². The Balaban J connectivity index is 0. The average molecular weight is 208 g/mol. The molecule has 0 unspecified atom stereocenters. The van der Waals surface area contributed by atoms with Crippen molar-refractivity contribution in [3.05, 3.63) is 35.5 Å². The van der Waals surface area contributed by atoms with Crippen LogP contribution in [-0.2, 0) is 0 Å². The molecule has 0 nitrogen and oxygen atoms in total. The molecule has 0 rings (SSSR count). The Hall–Kier alpha value is -0.780. The largest absolute Gasteiger partial charge is 0.0874 e. The normalized spacial score (nSPS) is 12.7. The van der Waals surface area contributed by atoms with Crippen molar-refractivity contribution in [2.45, 2.75) is 60.8 Å². The molecule has 0 radical (unpaired) electrons. The van der Waals surface area contributed by atoms with E-state index in [4.69, 9.17) is 0 Å². The van der Waals surface area contributed by atoms with E-state index >= 15 is 0 Å². The highest BCUT2D eigenvalue weighted by molar-refractivity contribution is 5.32. The van der Waals surface area contributed by atoms with E-state index in [0.29, 0.717) is 0 Å². The molecule has 0 aromatic heterocycles. The summed E-state index contributed by atoms with van der Waals surface area (Å²) in [5.74, 6) is 0. The highest BCUT2D eigenvalue weighted by atomic mass is 14.0. The summed E-state index contributed by atoms with van der Waals surface area (Å²) in [5.41, 5.74) is 2.97. The third-order valence-corrected chi connectivity index (χ3v) is 2.05. The second-order valence-electron chi connectivity index (χ2n) is 3.15. The van der Waals surface area contributed by atoms with Crippen LogP contribution in [0.4, 0.5) is 0 Å². The Morgan fingerprint density at radius 3 is 1.67 bits per heavy atom. The first-order chi connectivity index (χ1) is 7.29. The lowest BCUT2D eigenvalue weighted by Gasteiger charge is -2.05. The van der Waals surface area contributed by atoms with Crippen LogP contribution in [0.25, 0.3) is 0 Å². The molecular weight excluding hydrogens is 180 g/mol. The number of allylic oxidation sites excluding steroid dienone is 6. The van der Waals surface area contributed by atoms with Crippen molar-refractivity contribution in [3.63, 3.8) is 0 Å². The molecule has 0 heteroatoms. The summed E-state index contributed by atoms with van der Waals surface area (Å²) in [4.78, 5) is 0. The van der Waals surface area contributed by atoms with Crippen molar-refractivity contribution >= 4 is 0 Å². The van der Waals surface area contributed by atoms with Gasteiger partial charge in [0, 0.05) is 0 Å². The van der Waals surface area contributed by atoms with Crippen LogP contribution in [0, 0.1) is 0 Å². The fraction of sp³-hybridized carbons (Fsp3) is 0.600. The van der Waals surface area contributed by atoms with Gasteiger partial charge in [-0.2, -0.15) is 0 Å². The number of hydrogen-bond donors (Lipinski definition) is 0. The van der Waals surface area contributed by atoms with E-state index in [1.165, 1.54) is 24.0 Å². The van der Waals surface area contributed by atoms with Crippen molar-refractivity contribution in [1.82, 2.24) is 0 Å². The van der Waals surface area contributed by atoms with Crippen molar-refractivity contribution in [2.24, 2.45) is 0 Å². The Labute approximate surface area is 96.8 Å². The quantitative estimate of drug-likeness (QED) is 0.510. The van der Waals surface area contributed by atoms with Gasteiger partial charge in [0.05, 0.1) is 0 Å². The summed E-state index contributed by atoms with van der Waals surface area (Å²) in [5, 5.41) is 0. The minimum Gasteiger partial charge on any atom is -0.0874 e. The summed E-state index contributed by atoms with van der Waals surface area (Å²) >= 11 is 0. The Bertz CT molecular complexity index is 204. The molecular formula is C15H28. The lowest BCUT2D eigenvalue weighted by molar-refractivity contribution is 0.905. The predicted octanol–water partition coefficient (Wildman–Crippen LogP) is 5.67. The van der Waals surface area contributed by atoms with Crippen LogP contribution < -0.4 is 0 Å². The monoisotopic (exact) mass is 208 g/mol. The predicted molar refractivity (Wildman–Crippen MR) is 73.2 cm³/mol. The molecule has 0 aliphatic carbocycles.